The summed E-state index contributed by atoms with van der Waals surface area (Å²) in [5, 5.41) is 1.80. The van der Waals surface area contributed by atoms with Crippen molar-refractivity contribution < 1.29 is 4.74 Å². The first kappa shape index (κ1) is 13.1. The minimum Gasteiger partial charge on any atom is -0.383 e. The molecule has 0 bridgehead atoms. The van der Waals surface area contributed by atoms with Gasteiger partial charge in [-0.3, -0.25) is 0 Å². The number of ether oxygens (including phenoxy) is 1. The summed E-state index contributed by atoms with van der Waals surface area (Å²) in [6, 6.07) is 0. The van der Waals surface area contributed by atoms with Gasteiger partial charge in [0, 0.05) is 16.0 Å². The number of nitrogens with two attached hydrogens (primary N) is 1. The molecule has 2 aromatic rings. The zero-order chi connectivity index (χ0) is 13.6. The number of rotatable bonds is 3. The van der Waals surface area contributed by atoms with E-state index in [2.05, 4.69) is 30.7 Å². The molecule has 6 heteroatoms. The van der Waals surface area contributed by atoms with E-state index in [1.165, 1.54) is 10.4 Å². The van der Waals surface area contributed by atoms with Crippen LogP contribution >= 0.6 is 23.1 Å². The van der Waals surface area contributed by atoms with Gasteiger partial charge in [0.15, 0.2) is 5.16 Å². The normalized spacial score (nSPS) is 17.6. The fourth-order valence-electron chi connectivity index (χ4n) is 2.10. The van der Waals surface area contributed by atoms with Crippen LogP contribution in [0.3, 0.4) is 0 Å². The van der Waals surface area contributed by atoms with Crippen LogP contribution in [-0.4, -0.2) is 28.9 Å². The molecule has 0 unspecified atom stereocenters. The topological polar surface area (TPSA) is 61.0 Å². The van der Waals surface area contributed by atoms with Crippen LogP contribution in [0.25, 0.3) is 10.2 Å². The monoisotopic (exact) mass is 295 g/mol. The van der Waals surface area contributed by atoms with Gasteiger partial charge in [-0.2, -0.15) is 0 Å². The van der Waals surface area contributed by atoms with E-state index in [4.69, 9.17) is 10.5 Å². The second kappa shape index (κ2) is 4.61. The van der Waals surface area contributed by atoms with Gasteiger partial charge in [-0.25, -0.2) is 9.97 Å². The Hall–Kier alpha value is -0.850. The summed E-state index contributed by atoms with van der Waals surface area (Å²) in [5.74, 6) is 1.57. The maximum atomic E-state index is 6.07. The zero-order valence-electron chi connectivity index (χ0n) is 11.3. The molecule has 102 valence electrons. The van der Waals surface area contributed by atoms with Gasteiger partial charge < -0.3 is 10.5 Å². The highest BCUT2D eigenvalue weighted by Gasteiger charge is 2.33. The van der Waals surface area contributed by atoms with E-state index in [1.807, 2.05) is 0 Å². The van der Waals surface area contributed by atoms with Gasteiger partial charge in [-0.1, -0.05) is 18.7 Å². The van der Waals surface area contributed by atoms with Crippen molar-refractivity contribution in [2.75, 3.05) is 24.7 Å². The van der Waals surface area contributed by atoms with E-state index in [9.17, 15) is 0 Å². The third-order valence-electron chi connectivity index (χ3n) is 3.49. The molecule has 3 rings (SSSR count). The Labute approximate surface area is 120 Å². The summed E-state index contributed by atoms with van der Waals surface area (Å²) < 4.78 is 5.26. The van der Waals surface area contributed by atoms with E-state index in [0.29, 0.717) is 5.82 Å². The van der Waals surface area contributed by atoms with Crippen molar-refractivity contribution in [1.29, 1.82) is 0 Å². The third kappa shape index (κ3) is 2.32. The van der Waals surface area contributed by atoms with Crippen molar-refractivity contribution >= 4 is 39.1 Å². The number of nitrogen functional groups attached to an aromatic ring is 1. The summed E-state index contributed by atoms with van der Waals surface area (Å²) >= 11 is 3.36. The van der Waals surface area contributed by atoms with Crippen LogP contribution in [0.1, 0.15) is 17.4 Å². The number of hydrogen-bond acceptors (Lipinski definition) is 6. The van der Waals surface area contributed by atoms with E-state index in [-0.39, 0.29) is 5.41 Å². The highest BCUT2D eigenvalue weighted by molar-refractivity contribution is 7.99. The van der Waals surface area contributed by atoms with Crippen LogP contribution in [0.5, 0.6) is 0 Å². The van der Waals surface area contributed by atoms with Crippen LogP contribution in [0.15, 0.2) is 5.16 Å². The summed E-state index contributed by atoms with van der Waals surface area (Å²) in [7, 11) is 0. The Balaban J connectivity index is 1.88. The van der Waals surface area contributed by atoms with Gasteiger partial charge in [0.25, 0.3) is 0 Å². The second-order valence-electron chi connectivity index (χ2n) is 5.45. The van der Waals surface area contributed by atoms with E-state index < -0.39 is 0 Å². The van der Waals surface area contributed by atoms with E-state index in [0.717, 1.165) is 34.3 Å². The first-order chi connectivity index (χ1) is 8.98. The minimum atomic E-state index is 0.263. The fraction of sp³-hybridized carbons (Fsp3) is 0.538. The molecule has 0 radical (unpaired) electrons. The molecule has 1 aliphatic rings. The maximum Gasteiger partial charge on any atom is 0.190 e. The lowest BCUT2D eigenvalue weighted by atomic mass is 9.92. The van der Waals surface area contributed by atoms with Crippen molar-refractivity contribution in [2.24, 2.45) is 5.41 Å². The maximum absolute atomic E-state index is 6.07. The first-order valence-corrected chi connectivity index (χ1v) is 8.02. The number of fused-ring (bicyclic) bond motifs is 1. The molecular formula is C13H17N3OS2. The molecule has 0 atom stereocenters. The molecule has 1 aliphatic heterocycles. The molecule has 0 aromatic carbocycles. The number of aromatic nitrogens is 2. The van der Waals surface area contributed by atoms with Gasteiger partial charge in [0.1, 0.15) is 10.6 Å². The Kier molecular flexibility index (Phi) is 3.19. The fourth-order valence-corrected chi connectivity index (χ4v) is 4.16. The molecule has 0 amide bonds. The number of thioether (sulfide) groups is 1. The average Bonchev–Trinajstić information content (AvgIpc) is 2.60. The molecule has 2 aromatic heterocycles. The van der Waals surface area contributed by atoms with Gasteiger partial charge in [-0.05, 0) is 19.4 Å². The van der Waals surface area contributed by atoms with Crippen molar-refractivity contribution in [3.8, 4) is 0 Å². The van der Waals surface area contributed by atoms with Crippen LogP contribution in [0.2, 0.25) is 0 Å². The molecule has 0 aliphatic carbocycles. The largest absolute Gasteiger partial charge is 0.383 e. The Morgan fingerprint density at radius 2 is 2.11 bits per heavy atom. The van der Waals surface area contributed by atoms with Crippen molar-refractivity contribution in [1.82, 2.24) is 9.97 Å². The van der Waals surface area contributed by atoms with Gasteiger partial charge in [0.2, 0.25) is 0 Å². The summed E-state index contributed by atoms with van der Waals surface area (Å²) in [6.07, 6.45) is 0. The lowest BCUT2D eigenvalue weighted by Crippen LogP contribution is -2.41. The summed E-state index contributed by atoms with van der Waals surface area (Å²) in [5.41, 5.74) is 7.54. The second-order valence-corrected chi connectivity index (χ2v) is 7.59. The van der Waals surface area contributed by atoms with Crippen LogP contribution in [0, 0.1) is 19.3 Å². The van der Waals surface area contributed by atoms with Crippen molar-refractivity contribution in [2.45, 2.75) is 25.9 Å². The molecule has 19 heavy (non-hydrogen) atoms. The molecule has 0 spiro atoms. The summed E-state index contributed by atoms with van der Waals surface area (Å²) in [4.78, 5) is 11.3. The predicted octanol–water partition coefficient (Wildman–Crippen LogP) is 3.02. The predicted molar refractivity (Wildman–Crippen MR) is 81.0 cm³/mol. The highest BCUT2D eigenvalue weighted by atomic mass is 32.2. The molecule has 4 nitrogen and oxygen atoms in total. The van der Waals surface area contributed by atoms with E-state index in [1.54, 1.807) is 23.1 Å². The SMILES string of the molecule is Cc1sc2nc(SCC3(C)COC3)nc(N)c2c1C. The number of nitrogens with zero attached hydrogens (tertiary/aromatic N) is 2. The zero-order valence-corrected chi connectivity index (χ0v) is 13.0. The summed E-state index contributed by atoms with van der Waals surface area (Å²) in [6.45, 7) is 8.06. The molecule has 1 fully saturated rings. The lowest BCUT2D eigenvalue weighted by Gasteiger charge is -2.37. The number of hydrogen-bond donors (Lipinski definition) is 1. The molecule has 2 N–H and O–H groups in total. The smallest absolute Gasteiger partial charge is 0.190 e. The number of aryl methyl sites for hydroxylation is 2. The van der Waals surface area contributed by atoms with Crippen LogP contribution < -0.4 is 5.73 Å². The Morgan fingerprint density at radius 3 is 2.74 bits per heavy atom. The molecule has 1 saturated heterocycles. The van der Waals surface area contributed by atoms with Gasteiger partial charge >= 0.3 is 0 Å². The standard InChI is InChI=1S/C13H17N3OS2/c1-7-8(2)19-11-9(7)10(14)15-12(16-11)18-6-13(3)4-17-5-13/h4-6H2,1-3H3,(H2,14,15,16). The van der Waals surface area contributed by atoms with Crippen molar-refractivity contribution in [3.05, 3.63) is 10.4 Å². The average molecular weight is 295 g/mol. The lowest BCUT2D eigenvalue weighted by molar-refractivity contribution is -0.0861. The Bertz CT molecular complexity index is 634. The quantitative estimate of drug-likeness (QED) is 0.696. The molecule has 3 heterocycles. The van der Waals surface area contributed by atoms with Crippen LogP contribution in [-0.2, 0) is 4.74 Å². The van der Waals surface area contributed by atoms with E-state index >= 15 is 0 Å². The third-order valence-corrected chi connectivity index (χ3v) is 5.87. The van der Waals surface area contributed by atoms with Gasteiger partial charge in [0.05, 0.1) is 18.6 Å². The number of thiophene rings is 1. The van der Waals surface area contributed by atoms with Crippen LogP contribution in [0.4, 0.5) is 5.82 Å². The molecular weight excluding hydrogens is 278 g/mol. The molecule has 0 saturated carbocycles. The van der Waals surface area contributed by atoms with Gasteiger partial charge in [-0.15, -0.1) is 11.3 Å². The highest BCUT2D eigenvalue weighted by Crippen LogP contribution is 2.36. The Morgan fingerprint density at radius 1 is 1.37 bits per heavy atom. The first-order valence-electron chi connectivity index (χ1n) is 6.22. The number of anilines is 1. The minimum absolute atomic E-state index is 0.263. The van der Waals surface area contributed by atoms with Crippen molar-refractivity contribution in [3.63, 3.8) is 0 Å².